The predicted molar refractivity (Wildman–Crippen MR) is 56.0 cm³/mol. The van der Waals surface area contributed by atoms with E-state index >= 15 is 0 Å². The highest BCUT2D eigenvalue weighted by atomic mass is 16.5. The smallest absolute Gasteiger partial charge is 0.311 e. The number of hydrogen-bond donors (Lipinski definition) is 0. The summed E-state index contributed by atoms with van der Waals surface area (Å²) < 4.78 is 10.2. The Morgan fingerprint density at radius 2 is 1.86 bits per heavy atom. The van der Waals surface area contributed by atoms with Crippen molar-refractivity contribution in [3.05, 3.63) is 0 Å². The first kappa shape index (κ1) is 13.4. The Bertz CT molecular complexity index is 166. The van der Waals surface area contributed by atoms with Gasteiger partial charge in [0.1, 0.15) is 0 Å². The van der Waals surface area contributed by atoms with Gasteiger partial charge in [-0.1, -0.05) is 20.3 Å². The maximum absolute atomic E-state index is 11.6. The standard InChI is InChI=1S/C11H22O3/c1-6-9(4)10(7-13-5)11(12)14-8(2)3/h8-10H,6-7H2,1-5H3. The molecule has 14 heavy (non-hydrogen) atoms. The van der Waals surface area contributed by atoms with Crippen molar-refractivity contribution in [3.8, 4) is 0 Å². The summed E-state index contributed by atoms with van der Waals surface area (Å²) in [6.45, 7) is 8.28. The van der Waals surface area contributed by atoms with E-state index in [0.717, 1.165) is 6.42 Å². The van der Waals surface area contributed by atoms with Crippen molar-refractivity contribution in [2.45, 2.75) is 40.2 Å². The van der Waals surface area contributed by atoms with E-state index < -0.39 is 0 Å². The molecule has 3 nitrogen and oxygen atoms in total. The molecule has 0 aromatic carbocycles. The lowest BCUT2D eigenvalue weighted by Gasteiger charge is -2.21. The van der Waals surface area contributed by atoms with E-state index in [4.69, 9.17) is 9.47 Å². The molecule has 0 spiro atoms. The molecule has 2 unspecified atom stereocenters. The van der Waals surface area contributed by atoms with E-state index in [1.165, 1.54) is 0 Å². The van der Waals surface area contributed by atoms with Crippen LogP contribution in [0.25, 0.3) is 0 Å². The molecule has 0 fully saturated rings. The number of carbonyl (C=O) groups is 1. The summed E-state index contributed by atoms with van der Waals surface area (Å²) in [6, 6.07) is 0. The molecule has 3 heteroatoms. The minimum Gasteiger partial charge on any atom is -0.463 e. The van der Waals surface area contributed by atoms with Gasteiger partial charge >= 0.3 is 5.97 Å². The van der Waals surface area contributed by atoms with Gasteiger partial charge in [-0.25, -0.2) is 0 Å². The summed E-state index contributed by atoms with van der Waals surface area (Å²) in [7, 11) is 1.61. The SMILES string of the molecule is CCC(C)C(COC)C(=O)OC(C)C. The predicted octanol–water partition coefficient (Wildman–Crippen LogP) is 2.25. The second-order valence-electron chi connectivity index (χ2n) is 3.93. The average Bonchev–Trinajstić information content (AvgIpc) is 2.11. The normalized spacial score (nSPS) is 15.3. The van der Waals surface area contributed by atoms with Crippen molar-refractivity contribution >= 4 is 5.97 Å². The van der Waals surface area contributed by atoms with E-state index in [1.54, 1.807) is 7.11 Å². The van der Waals surface area contributed by atoms with Gasteiger partial charge in [-0.05, 0) is 19.8 Å². The molecule has 0 aliphatic rings. The second kappa shape index (κ2) is 6.82. The van der Waals surface area contributed by atoms with E-state index in [-0.39, 0.29) is 18.0 Å². The van der Waals surface area contributed by atoms with Crippen LogP contribution < -0.4 is 0 Å². The van der Waals surface area contributed by atoms with E-state index in [0.29, 0.717) is 12.5 Å². The lowest BCUT2D eigenvalue weighted by Crippen LogP contribution is -2.29. The molecule has 84 valence electrons. The molecule has 0 aliphatic heterocycles. The Morgan fingerprint density at radius 1 is 1.29 bits per heavy atom. The average molecular weight is 202 g/mol. The van der Waals surface area contributed by atoms with Crippen molar-refractivity contribution in [3.63, 3.8) is 0 Å². The van der Waals surface area contributed by atoms with E-state index in [1.807, 2.05) is 20.8 Å². The van der Waals surface area contributed by atoms with Crippen LogP contribution in [0.15, 0.2) is 0 Å². The Labute approximate surface area is 86.8 Å². The molecule has 0 bridgehead atoms. The highest BCUT2D eigenvalue weighted by Gasteiger charge is 2.25. The quantitative estimate of drug-likeness (QED) is 0.620. The van der Waals surface area contributed by atoms with Crippen molar-refractivity contribution in [1.29, 1.82) is 0 Å². The van der Waals surface area contributed by atoms with Crippen molar-refractivity contribution in [1.82, 2.24) is 0 Å². The van der Waals surface area contributed by atoms with Crippen LogP contribution in [0.2, 0.25) is 0 Å². The molecule has 0 aromatic rings. The van der Waals surface area contributed by atoms with Gasteiger partial charge in [0.05, 0.1) is 18.6 Å². The summed E-state index contributed by atoms with van der Waals surface area (Å²) in [5, 5.41) is 0. The van der Waals surface area contributed by atoms with Crippen LogP contribution in [0.5, 0.6) is 0 Å². The molecule has 2 atom stereocenters. The van der Waals surface area contributed by atoms with Crippen LogP contribution in [0.4, 0.5) is 0 Å². The molecule has 0 saturated carbocycles. The molecule has 0 radical (unpaired) electrons. The van der Waals surface area contributed by atoms with Gasteiger partial charge < -0.3 is 9.47 Å². The molecule has 0 aromatic heterocycles. The molecule has 0 aliphatic carbocycles. The van der Waals surface area contributed by atoms with Gasteiger partial charge in [-0.2, -0.15) is 0 Å². The van der Waals surface area contributed by atoms with Crippen molar-refractivity contribution < 1.29 is 14.3 Å². The van der Waals surface area contributed by atoms with Crippen LogP contribution in [0, 0.1) is 11.8 Å². The van der Waals surface area contributed by atoms with Crippen LogP contribution >= 0.6 is 0 Å². The van der Waals surface area contributed by atoms with Gasteiger partial charge in [0, 0.05) is 7.11 Å². The fraction of sp³-hybridized carbons (Fsp3) is 0.909. The topological polar surface area (TPSA) is 35.5 Å². The van der Waals surface area contributed by atoms with Gasteiger partial charge in [0.25, 0.3) is 0 Å². The first-order chi connectivity index (χ1) is 6.52. The summed E-state index contributed by atoms with van der Waals surface area (Å²) in [4.78, 5) is 11.6. The van der Waals surface area contributed by atoms with Crippen molar-refractivity contribution in [2.24, 2.45) is 11.8 Å². The molecule has 0 saturated heterocycles. The number of methoxy groups -OCH3 is 1. The first-order valence-electron chi connectivity index (χ1n) is 5.22. The third-order valence-electron chi connectivity index (χ3n) is 2.33. The second-order valence-corrected chi connectivity index (χ2v) is 3.93. The maximum atomic E-state index is 11.6. The summed E-state index contributed by atoms with van der Waals surface area (Å²) in [5.74, 6) is 0.0322. The van der Waals surface area contributed by atoms with Crippen LogP contribution in [-0.2, 0) is 14.3 Å². The van der Waals surface area contributed by atoms with Gasteiger partial charge in [0.15, 0.2) is 0 Å². The molecule has 0 rings (SSSR count). The zero-order valence-corrected chi connectivity index (χ0v) is 9.87. The summed E-state index contributed by atoms with van der Waals surface area (Å²) >= 11 is 0. The van der Waals surface area contributed by atoms with Gasteiger partial charge in [-0.3, -0.25) is 4.79 Å². The van der Waals surface area contributed by atoms with Crippen LogP contribution in [-0.4, -0.2) is 25.8 Å². The largest absolute Gasteiger partial charge is 0.463 e. The minimum absolute atomic E-state index is 0.0501. The number of hydrogen-bond acceptors (Lipinski definition) is 3. The van der Waals surface area contributed by atoms with Gasteiger partial charge in [-0.15, -0.1) is 0 Å². The fourth-order valence-corrected chi connectivity index (χ4v) is 1.25. The summed E-state index contributed by atoms with van der Waals surface area (Å²) in [5.41, 5.74) is 0. The Morgan fingerprint density at radius 3 is 2.21 bits per heavy atom. The first-order valence-corrected chi connectivity index (χ1v) is 5.22. The summed E-state index contributed by atoms with van der Waals surface area (Å²) in [6.07, 6.45) is 0.909. The van der Waals surface area contributed by atoms with Crippen LogP contribution in [0.1, 0.15) is 34.1 Å². The van der Waals surface area contributed by atoms with Crippen LogP contribution in [0.3, 0.4) is 0 Å². The third-order valence-corrected chi connectivity index (χ3v) is 2.33. The highest BCUT2D eigenvalue weighted by molar-refractivity contribution is 5.73. The molecule has 0 heterocycles. The Balaban J connectivity index is 4.25. The fourth-order valence-electron chi connectivity index (χ4n) is 1.25. The van der Waals surface area contributed by atoms with Gasteiger partial charge in [0.2, 0.25) is 0 Å². The number of ether oxygens (including phenoxy) is 2. The lowest BCUT2D eigenvalue weighted by molar-refractivity contribution is -0.156. The highest BCUT2D eigenvalue weighted by Crippen LogP contribution is 2.17. The monoisotopic (exact) mass is 202 g/mol. The molecular formula is C11H22O3. The zero-order valence-electron chi connectivity index (χ0n) is 9.87. The number of esters is 1. The van der Waals surface area contributed by atoms with Crippen molar-refractivity contribution in [2.75, 3.05) is 13.7 Å². The number of carbonyl (C=O) groups excluding carboxylic acids is 1. The minimum atomic E-state index is -0.142. The Hall–Kier alpha value is -0.570. The van der Waals surface area contributed by atoms with E-state index in [9.17, 15) is 4.79 Å². The zero-order chi connectivity index (χ0) is 11.1. The lowest BCUT2D eigenvalue weighted by atomic mass is 9.92. The maximum Gasteiger partial charge on any atom is 0.311 e. The molecule has 0 N–H and O–H groups in total. The molecular weight excluding hydrogens is 180 g/mol. The Kier molecular flexibility index (Phi) is 6.54. The third kappa shape index (κ3) is 4.61. The van der Waals surface area contributed by atoms with E-state index in [2.05, 4.69) is 6.92 Å². The number of rotatable bonds is 6. The molecule has 0 amide bonds.